The first kappa shape index (κ1) is 18.1. The van der Waals surface area contributed by atoms with Gasteiger partial charge < -0.3 is 11.1 Å². The molecule has 0 bridgehead atoms. The minimum absolute atomic E-state index is 0.153. The number of nitrogens with zero attached hydrogens (tertiary/aromatic N) is 5. The van der Waals surface area contributed by atoms with Gasteiger partial charge in [0, 0.05) is 13.6 Å². The Morgan fingerprint density at radius 2 is 2.20 bits per heavy atom. The van der Waals surface area contributed by atoms with Gasteiger partial charge in [-0.1, -0.05) is 18.7 Å². The molecule has 0 unspecified atom stereocenters. The second-order valence-corrected chi connectivity index (χ2v) is 5.51. The van der Waals surface area contributed by atoms with E-state index in [0.29, 0.717) is 35.0 Å². The molecule has 1 aliphatic rings. The Labute approximate surface area is 146 Å². The van der Waals surface area contributed by atoms with E-state index in [2.05, 4.69) is 27.2 Å². The van der Waals surface area contributed by atoms with Crippen LogP contribution in [0.15, 0.2) is 64.1 Å². The summed E-state index contributed by atoms with van der Waals surface area (Å²) in [6, 6.07) is 0. The SMILES string of the molecule is C=C(C)C(/N=N/c1c(C(C)=O)cnn1C)=C(/N)N(N)C1=CC=CCN1. The van der Waals surface area contributed by atoms with Crippen LogP contribution in [-0.4, -0.2) is 27.1 Å². The van der Waals surface area contributed by atoms with E-state index in [1.807, 2.05) is 12.2 Å². The van der Waals surface area contributed by atoms with Gasteiger partial charge in [-0.05, 0) is 25.5 Å². The molecule has 2 heterocycles. The number of nitrogens with one attached hydrogen (secondary N) is 1. The first-order chi connectivity index (χ1) is 11.8. The number of hydrogen-bond donors (Lipinski definition) is 3. The highest BCUT2D eigenvalue weighted by Gasteiger charge is 2.16. The largest absolute Gasteiger partial charge is 0.382 e. The van der Waals surface area contributed by atoms with Crippen LogP contribution in [0, 0.1) is 0 Å². The van der Waals surface area contributed by atoms with Crippen molar-refractivity contribution in [2.45, 2.75) is 13.8 Å². The van der Waals surface area contributed by atoms with Gasteiger partial charge in [0.2, 0.25) is 0 Å². The topological polar surface area (TPSA) is 127 Å². The molecule has 0 spiro atoms. The molecule has 132 valence electrons. The average molecular weight is 342 g/mol. The maximum absolute atomic E-state index is 11.6. The van der Waals surface area contributed by atoms with Crippen LogP contribution in [0.4, 0.5) is 5.82 Å². The number of rotatable bonds is 6. The molecule has 0 saturated heterocycles. The predicted octanol–water partition coefficient (Wildman–Crippen LogP) is 1.59. The summed E-state index contributed by atoms with van der Waals surface area (Å²) in [6.45, 7) is 7.70. The van der Waals surface area contributed by atoms with E-state index in [4.69, 9.17) is 11.6 Å². The molecule has 25 heavy (non-hydrogen) atoms. The highest BCUT2D eigenvalue weighted by Crippen LogP contribution is 2.22. The normalized spacial score (nSPS) is 14.8. The van der Waals surface area contributed by atoms with Crippen LogP contribution < -0.4 is 16.9 Å². The summed E-state index contributed by atoms with van der Waals surface area (Å²) in [6.07, 6.45) is 7.05. The lowest BCUT2D eigenvalue weighted by atomic mass is 10.2. The molecule has 1 aromatic rings. The molecule has 1 aliphatic heterocycles. The van der Waals surface area contributed by atoms with E-state index in [1.165, 1.54) is 22.8 Å². The van der Waals surface area contributed by atoms with Crippen molar-refractivity contribution in [2.75, 3.05) is 6.54 Å². The maximum atomic E-state index is 11.6. The summed E-state index contributed by atoms with van der Waals surface area (Å²) in [7, 11) is 1.67. The molecule has 0 aliphatic carbocycles. The number of hydrogen-bond acceptors (Lipinski definition) is 8. The van der Waals surface area contributed by atoms with Crippen LogP contribution in [-0.2, 0) is 7.05 Å². The summed E-state index contributed by atoms with van der Waals surface area (Å²) < 4.78 is 1.46. The fraction of sp³-hybridized carbons (Fsp3) is 0.250. The minimum atomic E-state index is -0.153. The minimum Gasteiger partial charge on any atom is -0.382 e. The van der Waals surface area contributed by atoms with E-state index in [9.17, 15) is 4.79 Å². The van der Waals surface area contributed by atoms with E-state index < -0.39 is 0 Å². The molecule has 1 aromatic heterocycles. The maximum Gasteiger partial charge on any atom is 0.183 e. The van der Waals surface area contributed by atoms with Gasteiger partial charge in [0.1, 0.15) is 17.3 Å². The second kappa shape index (κ2) is 7.58. The summed E-state index contributed by atoms with van der Waals surface area (Å²) in [5.41, 5.74) is 7.41. The number of carbonyl (C=O) groups excluding carboxylic acids is 1. The van der Waals surface area contributed by atoms with Crippen molar-refractivity contribution >= 4 is 11.6 Å². The zero-order valence-corrected chi connectivity index (χ0v) is 14.5. The Bertz CT molecular complexity index is 812. The van der Waals surface area contributed by atoms with Crippen molar-refractivity contribution in [3.8, 4) is 0 Å². The van der Waals surface area contributed by atoms with Crippen molar-refractivity contribution in [1.29, 1.82) is 0 Å². The third-order valence-electron chi connectivity index (χ3n) is 3.49. The van der Waals surface area contributed by atoms with Gasteiger partial charge in [0.25, 0.3) is 0 Å². The monoisotopic (exact) mass is 342 g/mol. The molecule has 2 rings (SSSR count). The van der Waals surface area contributed by atoms with Gasteiger partial charge >= 0.3 is 0 Å². The molecular weight excluding hydrogens is 320 g/mol. The molecule has 9 heteroatoms. The van der Waals surface area contributed by atoms with Crippen molar-refractivity contribution in [1.82, 2.24) is 20.1 Å². The smallest absolute Gasteiger partial charge is 0.183 e. The Morgan fingerprint density at radius 1 is 1.48 bits per heavy atom. The highest BCUT2D eigenvalue weighted by atomic mass is 16.1. The van der Waals surface area contributed by atoms with Crippen molar-refractivity contribution in [3.05, 3.63) is 59.5 Å². The van der Waals surface area contributed by atoms with Crippen molar-refractivity contribution in [3.63, 3.8) is 0 Å². The summed E-state index contributed by atoms with van der Waals surface area (Å²) in [5, 5.41) is 16.7. The molecule has 9 nitrogen and oxygen atoms in total. The molecule has 0 saturated carbocycles. The Hall–Kier alpha value is -3.20. The Balaban J connectivity index is 2.40. The molecule has 0 aromatic carbocycles. The number of dihydropyridines is 1. The number of allylic oxidation sites excluding steroid dienone is 3. The fourth-order valence-corrected chi connectivity index (χ4v) is 2.11. The Kier molecular flexibility index (Phi) is 5.50. The average Bonchev–Trinajstić information content (AvgIpc) is 2.96. The third kappa shape index (κ3) is 4.01. The van der Waals surface area contributed by atoms with Crippen LogP contribution in [0.25, 0.3) is 0 Å². The van der Waals surface area contributed by atoms with Crippen molar-refractivity contribution < 1.29 is 4.79 Å². The zero-order chi connectivity index (χ0) is 18.6. The summed E-state index contributed by atoms with van der Waals surface area (Å²) in [4.78, 5) is 11.6. The molecule has 0 amide bonds. The number of hydrazine groups is 1. The number of nitrogens with two attached hydrogens (primary N) is 2. The lowest BCUT2D eigenvalue weighted by molar-refractivity contribution is 0.101. The number of aryl methyl sites for hydroxylation is 1. The number of carbonyl (C=O) groups is 1. The number of aromatic nitrogens is 2. The van der Waals surface area contributed by atoms with Crippen LogP contribution in [0.1, 0.15) is 24.2 Å². The van der Waals surface area contributed by atoms with Gasteiger partial charge in [0.15, 0.2) is 11.6 Å². The fourth-order valence-electron chi connectivity index (χ4n) is 2.11. The lowest BCUT2D eigenvalue weighted by Gasteiger charge is -2.25. The quantitative estimate of drug-likeness (QED) is 0.237. The predicted molar refractivity (Wildman–Crippen MR) is 95.0 cm³/mol. The molecular formula is C16H22N8O. The van der Waals surface area contributed by atoms with Crippen molar-refractivity contribution in [2.24, 2.45) is 28.9 Å². The van der Waals surface area contributed by atoms with Crippen LogP contribution >= 0.6 is 0 Å². The van der Waals surface area contributed by atoms with Crippen LogP contribution in [0.2, 0.25) is 0 Å². The molecule has 5 N–H and O–H groups in total. The standard InChI is InChI=1S/C16H22N8O/c1-10(2)14(15(17)24(18)13-7-5-6-8-19-13)21-22-16-12(11(3)25)9-20-23(16)4/h5-7,9,19H,1,8,17-18H2,2-4H3/b15-14+,22-21+. The van der Waals surface area contributed by atoms with Gasteiger partial charge in [-0.15, -0.1) is 10.2 Å². The van der Waals surface area contributed by atoms with Gasteiger partial charge in [-0.3, -0.25) is 4.79 Å². The second-order valence-electron chi connectivity index (χ2n) is 5.51. The van der Waals surface area contributed by atoms with Gasteiger partial charge in [-0.25, -0.2) is 15.5 Å². The van der Waals surface area contributed by atoms with Crippen LogP contribution in [0.3, 0.4) is 0 Å². The highest BCUT2D eigenvalue weighted by molar-refractivity contribution is 5.97. The molecule has 0 atom stereocenters. The Morgan fingerprint density at radius 3 is 2.76 bits per heavy atom. The summed E-state index contributed by atoms with van der Waals surface area (Å²) in [5.74, 6) is 7.04. The van der Waals surface area contributed by atoms with E-state index in [-0.39, 0.29) is 11.6 Å². The number of azo groups is 1. The first-order valence-electron chi connectivity index (χ1n) is 7.58. The van der Waals surface area contributed by atoms with E-state index in [0.717, 1.165) is 0 Å². The molecule has 0 radical (unpaired) electrons. The molecule has 0 fully saturated rings. The summed E-state index contributed by atoms with van der Waals surface area (Å²) >= 11 is 0. The number of ketones is 1. The number of Topliss-reactive ketones (excluding diaryl/α,β-unsaturated/α-hetero) is 1. The van der Waals surface area contributed by atoms with Gasteiger partial charge in [-0.2, -0.15) is 5.10 Å². The zero-order valence-electron chi connectivity index (χ0n) is 14.5. The van der Waals surface area contributed by atoms with E-state index >= 15 is 0 Å². The first-order valence-corrected chi connectivity index (χ1v) is 7.58. The van der Waals surface area contributed by atoms with E-state index in [1.54, 1.807) is 20.0 Å². The van der Waals surface area contributed by atoms with Gasteiger partial charge in [0.05, 0.1) is 11.8 Å². The van der Waals surface area contributed by atoms with Crippen LogP contribution in [0.5, 0.6) is 0 Å². The lowest BCUT2D eigenvalue weighted by Crippen LogP contribution is -2.40. The third-order valence-corrected chi connectivity index (χ3v) is 3.49.